The molecule has 2 aliphatic rings. The van der Waals surface area contributed by atoms with E-state index in [-0.39, 0.29) is 11.8 Å². The molecule has 1 saturated heterocycles. The van der Waals surface area contributed by atoms with E-state index in [1.54, 1.807) is 11.9 Å². The maximum atomic E-state index is 12.4. The van der Waals surface area contributed by atoms with E-state index in [9.17, 15) is 14.9 Å². The zero-order valence-electron chi connectivity index (χ0n) is 18.3. The summed E-state index contributed by atoms with van der Waals surface area (Å²) in [4.78, 5) is 36.7. The number of hydrogen-bond acceptors (Lipinski definition) is 6. The van der Waals surface area contributed by atoms with E-state index < -0.39 is 11.2 Å². The third kappa shape index (κ3) is 4.64. The van der Waals surface area contributed by atoms with E-state index >= 15 is 0 Å². The van der Waals surface area contributed by atoms with Gasteiger partial charge in [-0.2, -0.15) is 5.26 Å². The molecule has 1 unspecified atom stereocenters. The van der Waals surface area contributed by atoms with Crippen LogP contribution in [-0.4, -0.2) is 48.4 Å². The van der Waals surface area contributed by atoms with Crippen molar-refractivity contribution in [3.63, 3.8) is 0 Å². The largest absolute Gasteiger partial charge is 0.368 e. The van der Waals surface area contributed by atoms with Crippen LogP contribution < -0.4 is 10.6 Å². The Morgan fingerprint density at radius 3 is 2.64 bits per heavy atom. The van der Waals surface area contributed by atoms with Crippen LogP contribution in [0.4, 0.5) is 11.5 Å². The molecule has 2 fully saturated rings. The molecule has 1 aliphatic carbocycles. The standard InChI is InChI=1S/C24H24N6O2S/c1-27-20-19(15-8-9-15)17(14-25)24(33-21(22(26)32)16-6-4-3-5-7-16)28-23(20)30-11-10-18(31)29(2)12-13-30/h3-7,15,21H,8-13H2,2H3,(H2,26,32). The van der Waals surface area contributed by atoms with Crippen molar-refractivity contribution < 1.29 is 9.59 Å². The molecule has 0 bridgehead atoms. The number of hydrogen-bond donors (Lipinski definition) is 1. The van der Waals surface area contributed by atoms with Gasteiger partial charge >= 0.3 is 0 Å². The molecule has 1 saturated carbocycles. The number of nitriles is 1. The van der Waals surface area contributed by atoms with Gasteiger partial charge in [0.25, 0.3) is 0 Å². The molecule has 2 N–H and O–H groups in total. The second-order valence-electron chi connectivity index (χ2n) is 8.24. The van der Waals surface area contributed by atoms with Crippen LogP contribution in [0.15, 0.2) is 35.4 Å². The van der Waals surface area contributed by atoms with Crippen LogP contribution in [0.25, 0.3) is 4.85 Å². The Morgan fingerprint density at radius 1 is 1.30 bits per heavy atom. The van der Waals surface area contributed by atoms with Gasteiger partial charge in [-0.1, -0.05) is 42.1 Å². The Hall–Kier alpha value is -3.56. The molecule has 168 valence electrons. The molecule has 2 amide bonds. The predicted molar refractivity (Wildman–Crippen MR) is 126 cm³/mol. The average molecular weight is 461 g/mol. The molecule has 33 heavy (non-hydrogen) atoms. The number of pyridine rings is 1. The van der Waals surface area contributed by atoms with Crippen molar-refractivity contribution in [3.8, 4) is 6.07 Å². The summed E-state index contributed by atoms with van der Waals surface area (Å²) in [5, 5.41) is 9.73. The molecule has 1 atom stereocenters. The van der Waals surface area contributed by atoms with E-state index in [1.165, 1.54) is 0 Å². The van der Waals surface area contributed by atoms with Crippen LogP contribution in [-0.2, 0) is 9.59 Å². The summed E-state index contributed by atoms with van der Waals surface area (Å²) < 4.78 is 0. The van der Waals surface area contributed by atoms with Crippen molar-refractivity contribution in [2.45, 2.75) is 35.5 Å². The van der Waals surface area contributed by atoms with Crippen LogP contribution in [0.1, 0.15) is 47.1 Å². The number of aromatic nitrogens is 1. The minimum Gasteiger partial charge on any atom is -0.368 e. The first-order valence-corrected chi connectivity index (χ1v) is 11.7. The summed E-state index contributed by atoms with van der Waals surface area (Å²) in [5.74, 6) is 0.130. The number of rotatable bonds is 6. The summed E-state index contributed by atoms with van der Waals surface area (Å²) in [6.07, 6.45) is 2.14. The van der Waals surface area contributed by atoms with Crippen LogP contribution in [0.5, 0.6) is 0 Å². The Kier molecular flexibility index (Phi) is 6.52. The van der Waals surface area contributed by atoms with Crippen molar-refractivity contribution in [2.75, 3.05) is 31.6 Å². The number of carbonyl (C=O) groups excluding carboxylic acids is 2. The molecular formula is C24H24N6O2S. The summed E-state index contributed by atoms with van der Waals surface area (Å²) in [6, 6.07) is 11.4. The normalized spacial score (nSPS) is 17.1. The molecule has 1 aromatic heterocycles. The van der Waals surface area contributed by atoms with Gasteiger partial charge in [0.1, 0.15) is 22.2 Å². The van der Waals surface area contributed by atoms with Crippen molar-refractivity contribution in [3.05, 3.63) is 58.4 Å². The number of nitrogens with two attached hydrogens (primary N) is 1. The Bertz CT molecular complexity index is 1170. The van der Waals surface area contributed by atoms with Gasteiger partial charge in [-0.15, -0.1) is 0 Å². The van der Waals surface area contributed by atoms with Gasteiger partial charge in [0.15, 0.2) is 0 Å². The van der Waals surface area contributed by atoms with Crippen molar-refractivity contribution in [1.29, 1.82) is 5.26 Å². The molecule has 8 nitrogen and oxygen atoms in total. The molecule has 0 radical (unpaired) electrons. The first-order chi connectivity index (χ1) is 15.9. The summed E-state index contributed by atoms with van der Waals surface area (Å²) in [6.45, 7) is 9.38. The highest BCUT2D eigenvalue weighted by atomic mass is 32.2. The van der Waals surface area contributed by atoms with Gasteiger partial charge in [-0.3, -0.25) is 9.59 Å². The van der Waals surface area contributed by atoms with Gasteiger partial charge in [0, 0.05) is 33.1 Å². The fourth-order valence-corrected chi connectivity index (χ4v) is 5.07. The number of likely N-dealkylation sites (N-methyl/N-ethyl adjacent to an activating group) is 1. The quantitative estimate of drug-likeness (QED) is 0.523. The van der Waals surface area contributed by atoms with Gasteiger partial charge in [-0.05, 0) is 29.9 Å². The molecule has 2 aromatic rings. The maximum Gasteiger partial charge on any atom is 0.235 e. The van der Waals surface area contributed by atoms with Gasteiger partial charge < -0.3 is 15.5 Å². The number of amides is 2. The molecule has 2 heterocycles. The Morgan fingerprint density at radius 2 is 2.03 bits per heavy atom. The second-order valence-corrected chi connectivity index (χ2v) is 9.33. The van der Waals surface area contributed by atoms with Crippen molar-refractivity contribution in [1.82, 2.24) is 9.88 Å². The number of anilines is 1. The lowest BCUT2D eigenvalue weighted by Crippen LogP contribution is -2.30. The van der Waals surface area contributed by atoms with Crippen LogP contribution in [0.3, 0.4) is 0 Å². The fourth-order valence-electron chi connectivity index (χ4n) is 4.02. The molecule has 4 rings (SSSR count). The predicted octanol–water partition coefficient (Wildman–Crippen LogP) is 3.37. The molecular weight excluding hydrogens is 436 g/mol. The maximum absolute atomic E-state index is 12.4. The zero-order chi connectivity index (χ0) is 23.5. The average Bonchev–Trinajstić information content (AvgIpc) is 3.67. The van der Waals surface area contributed by atoms with Crippen LogP contribution in [0.2, 0.25) is 0 Å². The minimum absolute atomic E-state index is 0.0467. The fraction of sp³-hybridized carbons (Fsp3) is 0.375. The summed E-state index contributed by atoms with van der Waals surface area (Å²) >= 11 is 1.15. The lowest BCUT2D eigenvalue weighted by atomic mass is 10.0. The summed E-state index contributed by atoms with van der Waals surface area (Å²) in [7, 11) is 1.77. The van der Waals surface area contributed by atoms with Crippen molar-refractivity contribution >= 4 is 35.1 Å². The Balaban J connectivity index is 1.83. The van der Waals surface area contributed by atoms with Crippen LogP contribution >= 0.6 is 11.8 Å². The van der Waals surface area contributed by atoms with E-state index in [2.05, 4.69) is 10.9 Å². The zero-order valence-corrected chi connectivity index (χ0v) is 19.1. The minimum atomic E-state index is -0.721. The van der Waals surface area contributed by atoms with Gasteiger partial charge in [0.2, 0.25) is 17.5 Å². The molecule has 1 aliphatic heterocycles. The summed E-state index contributed by atoms with van der Waals surface area (Å²) in [5.41, 5.74) is 7.90. The Labute approximate surface area is 197 Å². The number of benzene rings is 1. The number of thioether (sulfide) groups is 1. The highest BCUT2D eigenvalue weighted by molar-refractivity contribution is 8.00. The monoisotopic (exact) mass is 460 g/mol. The van der Waals surface area contributed by atoms with E-state index in [1.807, 2.05) is 35.2 Å². The number of carbonyl (C=O) groups is 2. The second kappa shape index (κ2) is 9.51. The van der Waals surface area contributed by atoms with Crippen LogP contribution in [0, 0.1) is 17.9 Å². The third-order valence-electron chi connectivity index (χ3n) is 5.98. The van der Waals surface area contributed by atoms with E-state index in [0.717, 1.165) is 30.2 Å². The SMILES string of the molecule is [C-]#[N+]c1c(N2CCC(=O)N(C)CC2)nc(SC(C(N)=O)c2ccccc2)c(C#N)c1C1CC1. The molecule has 0 spiro atoms. The first kappa shape index (κ1) is 22.6. The highest BCUT2D eigenvalue weighted by Crippen LogP contribution is 2.51. The van der Waals surface area contributed by atoms with Gasteiger partial charge in [-0.25, -0.2) is 9.83 Å². The van der Waals surface area contributed by atoms with Crippen molar-refractivity contribution in [2.24, 2.45) is 5.73 Å². The lowest BCUT2D eigenvalue weighted by molar-refractivity contribution is -0.129. The van der Waals surface area contributed by atoms with E-state index in [0.29, 0.717) is 53.7 Å². The number of nitrogens with zero attached hydrogens (tertiary/aromatic N) is 5. The molecule has 1 aromatic carbocycles. The smallest absolute Gasteiger partial charge is 0.235 e. The topological polar surface area (TPSA) is 108 Å². The van der Waals surface area contributed by atoms with E-state index in [4.69, 9.17) is 17.3 Å². The number of primary amides is 1. The third-order valence-corrected chi connectivity index (χ3v) is 7.24. The molecule has 9 heteroatoms. The first-order valence-electron chi connectivity index (χ1n) is 10.8. The van der Waals surface area contributed by atoms with Gasteiger partial charge in [0.05, 0.1) is 12.1 Å². The lowest BCUT2D eigenvalue weighted by Gasteiger charge is -2.26. The highest BCUT2D eigenvalue weighted by Gasteiger charge is 2.35.